The molecule has 1 aromatic carbocycles. The van der Waals surface area contributed by atoms with E-state index in [4.69, 9.17) is 0 Å². The Balaban J connectivity index is 1.93. The minimum Gasteiger partial charge on any atom is -0.326 e. The lowest BCUT2D eigenvalue weighted by atomic mass is 10.1. The van der Waals surface area contributed by atoms with Crippen molar-refractivity contribution in [1.29, 1.82) is 0 Å². The fourth-order valence-corrected chi connectivity index (χ4v) is 2.86. The number of fused-ring (bicyclic) bond motifs is 1. The Morgan fingerprint density at radius 3 is 2.88 bits per heavy atom. The molecule has 4 nitrogen and oxygen atoms in total. The fourth-order valence-electron chi connectivity index (χ4n) is 2.30. The number of nitrogens with one attached hydrogen (secondary N) is 1. The number of halogens is 1. The molecule has 88 valence electrons. The number of benzene rings is 1. The van der Waals surface area contributed by atoms with Crippen molar-refractivity contribution in [1.82, 2.24) is 0 Å². The molecule has 0 spiro atoms. The van der Waals surface area contributed by atoms with Crippen LogP contribution in [-0.4, -0.2) is 23.2 Å². The number of anilines is 2. The van der Waals surface area contributed by atoms with Crippen LogP contribution in [0, 0.1) is 0 Å². The van der Waals surface area contributed by atoms with Crippen molar-refractivity contribution in [3.8, 4) is 0 Å². The van der Waals surface area contributed by atoms with E-state index in [1.54, 1.807) is 4.90 Å². The molecule has 5 heteroatoms. The Labute approximate surface area is 107 Å². The molecule has 0 saturated carbocycles. The maximum atomic E-state index is 11.8. The highest BCUT2D eigenvalue weighted by Gasteiger charge is 2.29. The molecule has 1 unspecified atom stereocenters. The normalized spacial score (nSPS) is 22.9. The molecular formula is C12H11BrN2O2. The van der Waals surface area contributed by atoms with Gasteiger partial charge in [0.05, 0.1) is 6.42 Å². The van der Waals surface area contributed by atoms with Crippen molar-refractivity contribution in [3.63, 3.8) is 0 Å². The molecule has 1 N–H and O–H groups in total. The Bertz CT molecular complexity index is 515. The summed E-state index contributed by atoms with van der Waals surface area (Å²) >= 11 is 3.46. The third kappa shape index (κ3) is 1.84. The summed E-state index contributed by atoms with van der Waals surface area (Å²) in [6, 6.07) is 5.67. The van der Waals surface area contributed by atoms with Gasteiger partial charge in [-0.05, 0) is 23.8 Å². The largest absolute Gasteiger partial charge is 0.326 e. The molecule has 2 amide bonds. The monoisotopic (exact) mass is 294 g/mol. The second kappa shape index (κ2) is 3.84. The van der Waals surface area contributed by atoms with Gasteiger partial charge in [0.25, 0.3) is 0 Å². The predicted molar refractivity (Wildman–Crippen MR) is 68.5 cm³/mol. The zero-order valence-electron chi connectivity index (χ0n) is 9.07. The highest BCUT2D eigenvalue weighted by Crippen LogP contribution is 2.31. The van der Waals surface area contributed by atoms with Crippen LogP contribution in [0.1, 0.15) is 12.0 Å². The lowest BCUT2D eigenvalue weighted by molar-refractivity contribution is -0.117. The number of nitrogens with zero attached hydrogens (tertiary/aromatic N) is 1. The van der Waals surface area contributed by atoms with Crippen LogP contribution in [0.5, 0.6) is 0 Å². The lowest BCUT2D eigenvalue weighted by Gasteiger charge is -2.16. The van der Waals surface area contributed by atoms with Gasteiger partial charge in [-0.3, -0.25) is 9.59 Å². The minimum atomic E-state index is 0.0169. The number of rotatable bonds is 1. The van der Waals surface area contributed by atoms with Gasteiger partial charge in [0.1, 0.15) is 0 Å². The summed E-state index contributed by atoms with van der Waals surface area (Å²) in [5.74, 6) is 0.146. The van der Waals surface area contributed by atoms with E-state index >= 15 is 0 Å². The maximum Gasteiger partial charge on any atom is 0.228 e. The third-order valence-electron chi connectivity index (χ3n) is 3.10. The summed E-state index contributed by atoms with van der Waals surface area (Å²) < 4.78 is 0. The van der Waals surface area contributed by atoms with Gasteiger partial charge in [0, 0.05) is 29.2 Å². The van der Waals surface area contributed by atoms with Gasteiger partial charge < -0.3 is 10.2 Å². The molecule has 0 radical (unpaired) electrons. The molecule has 1 atom stereocenters. The van der Waals surface area contributed by atoms with E-state index in [0.717, 1.165) is 16.9 Å². The van der Waals surface area contributed by atoms with Crippen LogP contribution in [0.4, 0.5) is 11.4 Å². The van der Waals surface area contributed by atoms with Crippen LogP contribution < -0.4 is 10.2 Å². The summed E-state index contributed by atoms with van der Waals surface area (Å²) in [6.07, 6.45) is 0.942. The van der Waals surface area contributed by atoms with Gasteiger partial charge >= 0.3 is 0 Å². The summed E-state index contributed by atoms with van der Waals surface area (Å²) in [7, 11) is 0. The lowest BCUT2D eigenvalue weighted by Crippen LogP contribution is -2.24. The number of hydrogen-bond donors (Lipinski definition) is 1. The van der Waals surface area contributed by atoms with E-state index in [-0.39, 0.29) is 16.6 Å². The number of amides is 2. The summed E-state index contributed by atoms with van der Waals surface area (Å²) in [5.41, 5.74) is 2.71. The van der Waals surface area contributed by atoms with Crippen LogP contribution in [0.15, 0.2) is 18.2 Å². The minimum absolute atomic E-state index is 0.0169. The maximum absolute atomic E-state index is 11.8. The van der Waals surface area contributed by atoms with Gasteiger partial charge in [-0.15, -0.1) is 0 Å². The van der Waals surface area contributed by atoms with E-state index in [0.29, 0.717) is 19.4 Å². The van der Waals surface area contributed by atoms with Gasteiger partial charge in [-0.2, -0.15) is 0 Å². The van der Waals surface area contributed by atoms with Crippen LogP contribution in [0.3, 0.4) is 0 Å². The molecule has 0 aliphatic carbocycles. The van der Waals surface area contributed by atoms with E-state index in [1.807, 2.05) is 18.2 Å². The van der Waals surface area contributed by atoms with Crippen molar-refractivity contribution < 1.29 is 9.59 Å². The molecule has 2 heterocycles. The van der Waals surface area contributed by atoms with Crippen molar-refractivity contribution >= 4 is 39.1 Å². The van der Waals surface area contributed by atoms with Gasteiger partial charge in [0.15, 0.2) is 0 Å². The second-order valence-electron chi connectivity index (χ2n) is 4.37. The average molecular weight is 295 g/mol. The first-order chi connectivity index (χ1) is 8.13. The molecule has 0 bridgehead atoms. The number of alkyl halides is 1. The highest BCUT2D eigenvalue weighted by molar-refractivity contribution is 9.09. The molecule has 3 rings (SSSR count). The molecule has 1 fully saturated rings. The smallest absolute Gasteiger partial charge is 0.228 e. The summed E-state index contributed by atoms with van der Waals surface area (Å²) in [6.45, 7) is 0.693. The predicted octanol–water partition coefficient (Wildman–Crippen LogP) is 1.68. The first-order valence-corrected chi connectivity index (χ1v) is 6.42. The summed E-state index contributed by atoms with van der Waals surface area (Å²) in [4.78, 5) is 25.0. The van der Waals surface area contributed by atoms with E-state index in [9.17, 15) is 9.59 Å². The quantitative estimate of drug-likeness (QED) is 0.801. The third-order valence-corrected chi connectivity index (χ3v) is 3.72. The van der Waals surface area contributed by atoms with E-state index in [1.165, 1.54) is 0 Å². The molecular weight excluding hydrogens is 284 g/mol. The van der Waals surface area contributed by atoms with Gasteiger partial charge in [0.2, 0.25) is 11.8 Å². The molecule has 2 aliphatic rings. The topological polar surface area (TPSA) is 49.4 Å². The standard InChI is InChI=1S/C12H11BrN2O2/c13-8-5-12(17)15(6-8)9-1-2-10-7(3-9)4-11(16)14-10/h1-3,8H,4-6H2,(H,14,16). The SMILES string of the molecule is O=C1Cc2cc(N3CC(Br)CC3=O)ccc2N1. The Kier molecular flexibility index (Phi) is 2.43. The number of carbonyl (C=O) groups excluding carboxylic acids is 2. The van der Waals surface area contributed by atoms with E-state index < -0.39 is 0 Å². The summed E-state index contributed by atoms with van der Waals surface area (Å²) in [5, 5.41) is 2.78. The first kappa shape index (κ1) is 10.8. The Morgan fingerprint density at radius 1 is 1.35 bits per heavy atom. The van der Waals surface area contributed by atoms with Gasteiger partial charge in [-0.1, -0.05) is 15.9 Å². The van der Waals surface area contributed by atoms with Crippen LogP contribution in [0.25, 0.3) is 0 Å². The van der Waals surface area contributed by atoms with Crippen molar-refractivity contribution in [2.45, 2.75) is 17.7 Å². The number of carbonyl (C=O) groups is 2. The molecule has 1 aromatic rings. The average Bonchev–Trinajstić information content (AvgIpc) is 2.78. The number of hydrogen-bond acceptors (Lipinski definition) is 2. The Morgan fingerprint density at radius 2 is 2.18 bits per heavy atom. The zero-order valence-corrected chi connectivity index (χ0v) is 10.7. The molecule has 1 saturated heterocycles. The van der Waals surface area contributed by atoms with Gasteiger partial charge in [-0.25, -0.2) is 0 Å². The zero-order chi connectivity index (χ0) is 12.0. The van der Waals surface area contributed by atoms with Crippen LogP contribution >= 0.6 is 15.9 Å². The van der Waals surface area contributed by atoms with Crippen molar-refractivity contribution in [3.05, 3.63) is 23.8 Å². The highest BCUT2D eigenvalue weighted by atomic mass is 79.9. The van der Waals surface area contributed by atoms with Crippen molar-refractivity contribution in [2.24, 2.45) is 0 Å². The molecule has 17 heavy (non-hydrogen) atoms. The van der Waals surface area contributed by atoms with E-state index in [2.05, 4.69) is 21.2 Å². The molecule has 2 aliphatic heterocycles. The Hall–Kier alpha value is -1.36. The molecule has 0 aromatic heterocycles. The van der Waals surface area contributed by atoms with Crippen LogP contribution in [-0.2, 0) is 16.0 Å². The van der Waals surface area contributed by atoms with Crippen LogP contribution in [0.2, 0.25) is 0 Å². The fraction of sp³-hybridized carbons (Fsp3) is 0.333. The first-order valence-electron chi connectivity index (χ1n) is 5.51. The second-order valence-corrected chi connectivity index (χ2v) is 5.67. The van der Waals surface area contributed by atoms with Crippen molar-refractivity contribution in [2.75, 3.05) is 16.8 Å².